The van der Waals surface area contributed by atoms with Crippen LogP contribution in [0.2, 0.25) is 0 Å². The summed E-state index contributed by atoms with van der Waals surface area (Å²) in [5.41, 5.74) is 6.66. The number of nitrogens with zero attached hydrogens (tertiary/aromatic N) is 1. The number of primary amides is 1. The number of thioether (sulfide) groups is 1. The van der Waals surface area contributed by atoms with E-state index in [9.17, 15) is 18.7 Å². The summed E-state index contributed by atoms with van der Waals surface area (Å²) in [4.78, 5) is 13.9. The SMILES string of the molecule is C[N+]1(CCCSc2cc(F)cc(F)c2)CCC(C(C(N)=O)(c2ccccc2)c2cccc(O)c2)C1. The van der Waals surface area contributed by atoms with Gasteiger partial charge in [-0.05, 0) is 35.4 Å². The smallest absolute Gasteiger partial charge is 0.233 e. The molecule has 0 saturated carbocycles. The molecule has 3 N–H and O–H groups in total. The first-order valence-electron chi connectivity index (χ1n) is 11.8. The Balaban J connectivity index is 1.53. The third-order valence-electron chi connectivity index (χ3n) is 7.16. The predicted molar refractivity (Wildman–Crippen MR) is 135 cm³/mol. The zero-order valence-corrected chi connectivity index (χ0v) is 20.6. The first-order valence-corrected chi connectivity index (χ1v) is 12.8. The number of hydrogen-bond acceptors (Lipinski definition) is 3. The number of likely N-dealkylation sites (tertiary alicyclic amines) is 1. The third-order valence-corrected chi connectivity index (χ3v) is 8.22. The topological polar surface area (TPSA) is 63.3 Å². The molecule has 4 rings (SSSR count). The van der Waals surface area contributed by atoms with Gasteiger partial charge in [0.1, 0.15) is 22.8 Å². The Morgan fingerprint density at radius 2 is 1.74 bits per heavy atom. The summed E-state index contributed by atoms with van der Waals surface area (Å²) in [7, 11) is 2.19. The van der Waals surface area contributed by atoms with Crippen molar-refractivity contribution in [3.8, 4) is 5.75 Å². The maximum atomic E-state index is 13.5. The molecule has 4 nitrogen and oxygen atoms in total. The molecule has 3 unspecified atom stereocenters. The summed E-state index contributed by atoms with van der Waals surface area (Å²) in [6.45, 7) is 2.53. The summed E-state index contributed by atoms with van der Waals surface area (Å²) < 4.78 is 27.7. The molecule has 1 heterocycles. The number of hydrogen-bond donors (Lipinski definition) is 2. The van der Waals surface area contributed by atoms with E-state index >= 15 is 0 Å². The van der Waals surface area contributed by atoms with Gasteiger partial charge in [0, 0.05) is 35.5 Å². The fourth-order valence-corrected chi connectivity index (χ4v) is 6.46. The van der Waals surface area contributed by atoms with Crippen LogP contribution in [0, 0.1) is 17.6 Å². The minimum absolute atomic E-state index is 0.0424. The molecule has 0 spiro atoms. The molecular formula is C28H31F2N2O2S+. The van der Waals surface area contributed by atoms with Crippen LogP contribution in [0.1, 0.15) is 24.0 Å². The zero-order valence-electron chi connectivity index (χ0n) is 19.8. The van der Waals surface area contributed by atoms with Gasteiger partial charge >= 0.3 is 0 Å². The Morgan fingerprint density at radius 3 is 2.40 bits per heavy atom. The standard InChI is InChI=1S/C28H30F2N2O2S/c1-32(12-6-14-35-26-17-23(29)16-24(30)18-26)13-11-22(19-32)28(27(31)34,20-7-3-2-4-8-20)21-9-5-10-25(33)15-21/h2-5,7-10,15-18,22H,6,11-14,19H2,1H3,(H2-,31,33,34)/p+1. The van der Waals surface area contributed by atoms with Gasteiger partial charge in [-0.15, -0.1) is 11.8 Å². The van der Waals surface area contributed by atoms with Gasteiger partial charge in [0.25, 0.3) is 0 Å². The van der Waals surface area contributed by atoms with Crippen molar-refractivity contribution in [3.05, 3.63) is 95.6 Å². The van der Waals surface area contributed by atoms with Crippen LogP contribution in [0.4, 0.5) is 8.78 Å². The van der Waals surface area contributed by atoms with Crippen LogP contribution < -0.4 is 5.73 Å². The van der Waals surface area contributed by atoms with Crippen molar-refractivity contribution in [3.63, 3.8) is 0 Å². The van der Waals surface area contributed by atoms with Gasteiger partial charge in [0.2, 0.25) is 5.91 Å². The number of phenolic OH excluding ortho intramolecular Hbond substituents is 1. The second-order valence-corrected chi connectivity index (χ2v) is 10.8. The van der Waals surface area contributed by atoms with E-state index in [0.717, 1.165) is 54.3 Å². The van der Waals surface area contributed by atoms with Crippen LogP contribution in [0.15, 0.2) is 77.7 Å². The molecule has 35 heavy (non-hydrogen) atoms. The fourth-order valence-electron chi connectivity index (χ4n) is 5.56. The van der Waals surface area contributed by atoms with Crippen LogP contribution in [0.25, 0.3) is 0 Å². The molecule has 1 aliphatic rings. The molecule has 0 aliphatic carbocycles. The molecule has 184 valence electrons. The zero-order chi connectivity index (χ0) is 25.1. The van der Waals surface area contributed by atoms with E-state index in [0.29, 0.717) is 10.5 Å². The molecule has 3 atom stereocenters. The van der Waals surface area contributed by atoms with Crippen LogP contribution >= 0.6 is 11.8 Å². The van der Waals surface area contributed by atoms with Crippen molar-refractivity contribution < 1.29 is 23.2 Å². The van der Waals surface area contributed by atoms with E-state index in [1.807, 2.05) is 36.4 Å². The van der Waals surface area contributed by atoms with Crippen molar-refractivity contribution in [2.24, 2.45) is 11.7 Å². The van der Waals surface area contributed by atoms with Crippen LogP contribution in [-0.4, -0.2) is 47.9 Å². The van der Waals surface area contributed by atoms with Crippen molar-refractivity contribution in [1.82, 2.24) is 0 Å². The molecule has 1 aliphatic heterocycles. The Bertz CT molecular complexity index is 1170. The molecule has 1 amide bonds. The van der Waals surface area contributed by atoms with Crippen LogP contribution in [-0.2, 0) is 10.2 Å². The maximum Gasteiger partial charge on any atom is 0.233 e. The number of quaternary nitrogens is 1. The van der Waals surface area contributed by atoms with Gasteiger partial charge in [0.15, 0.2) is 0 Å². The Kier molecular flexibility index (Phi) is 7.47. The molecule has 0 aromatic heterocycles. The highest BCUT2D eigenvalue weighted by atomic mass is 32.2. The number of halogens is 2. The molecule has 3 aromatic rings. The van der Waals surface area contributed by atoms with Crippen LogP contribution in [0.5, 0.6) is 5.75 Å². The van der Waals surface area contributed by atoms with Crippen molar-refractivity contribution >= 4 is 17.7 Å². The molecule has 7 heteroatoms. The summed E-state index contributed by atoms with van der Waals surface area (Å²) in [5, 5.41) is 10.2. The van der Waals surface area contributed by atoms with Gasteiger partial charge < -0.3 is 15.3 Å². The minimum Gasteiger partial charge on any atom is -0.508 e. The van der Waals surface area contributed by atoms with Crippen LogP contribution in [0.3, 0.4) is 0 Å². The van der Waals surface area contributed by atoms with Gasteiger partial charge in [-0.25, -0.2) is 8.78 Å². The van der Waals surface area contributed by atoms with Gasteiger partial charge in [-0.1, -0.05) is 42.5 Å². The van der Waals surface area contributed by atoms with E-state index in [4.69, 9.17) is 5.73 Å². The average Bonchev–Trinajstić information content (AvgIpc) is 3.19. The molecule has 0 radical (unpaired) electrons. The van der Waals surface area contributed by atoms with E-state index in [1.54, 1.807) is 18.2 Å². The normalized spacial score (nSPS) is 21.5. The number of benzene rings is 3. The second kappa shape index (κ2) is 10.4. The van der Waals surface area contributed by atoms with E-state index < -0.39 is 23.0 Å². The van der Waals surface area contributed by atoms with Crippen molar-refractivity contribution in [2.75, 3.05) is 32.4 Å². The minimum atomic E-state index is -1.05. The number of carbonyl (C=O) groups is 1. The van der Waals surface area contributed by atoms with Gasteiger partial charge in [-0.2, -0.15) is 0 Å². The van der Waals surface area contributed by atoms with E-state index in [2.05, 4.69) is 7.05 Å². The fraction of sp³-hybridized carbons (Fsp3) is 0.321. The number of nitrogens with two attached hydrogens (primary N) is 1. The number of carbonyl (C=O) groups excluding carboxylic acids is 1. The number of phenols is 1. The predicted octanol–water partition coefficient (Wildman–Crippen LogP) is 5.09. The molecule has 3 aromatic carbocycles. The quantitative estimate of drug-likeness (QED) is 0.246. The molecule has 1 fully saturated rings. The Hall–Kier alpha value is -2.90. The average molecular weight is 498 g/mol. The Morgan fingerprint density at radius 1 is 1.06 bits per heavy atom. The number of aromatic hydroxyl groups is 1. The van der Waals surface area contributed by atoms with Gasteiger partial charge in [0.05, 0.1) is 26.7 Å². The first kappa shape index (κ1) is 25.2. The van der Waals surface area contributed by atoms with E-state index in [1.165, 1.54) is 23.9 Å². The monoisotopic (exact) mass is 497 g/mol. The lowest BCUT2D eigenvalue weighted by Crippen LogP contribution is -2.51. The highest BCUT2D eigenvalue weighted by Gasteiger charge is 2.53. The second-order valence-electron chi connectivity index (χ2n) is 9.63. The van der Waals surface area contributed by atoms with Crippen molar-refractivity contribution in [1.29, 1.82) is 0 Å². The van der Waals surface area contributed by atoms with Crippen molar-refractivity contribution in [2.45, 2.75) is 23.2 Å². The lowest BCUT2D eigenvalue weighted by atomic mass is 9.64. The molecule has 1 saturated heterocycles. The number of rotatable bonds is 9. The summed E-state index contributed by atoms with van der Waals surface area (Å²) in [6.07, 6.45) is 1.68. The molecular weight excluding hydrogens is 466 g/mol. The molecule has 0 bridgehead atoms. The van der Waals surface area contributed by atoms with E-state index in [-0.39, 0.29) is 11.7 Å². The summed E-state index contributed by atoms with van der Waals surface area (Å²) >= 11 is 1.45. The Labute approximate surface area is 209 Å². The summed E-state index contributed by atoms with van der Waals surface area (Å²) in [6, 6.07) is 20.1. The number of amides is 1. The largest absolute Gasteiger partial charge is 0.508 e. The lowest BCUT2D eigenvalue weighted by molar-refractivity contribution is -0.899. The lowest BCUT2D eigenvalue weighted by Gasteiger charge is -2.38. The first-order chi connectivity index (χ1) is 16.7. The highest BCUT2D eigenvalue weighted by Crippen LogP contribution is 2.45. The highest BCUT2D eigenvalue weighted by molar-refractivity contribution is 7.99. The third kappa shape index (κ3) is 5.36. The summed E-state index contributed by atoms with van der Waals surface area (Å²) in [5.74, 6) is -0.747. The maximum absolute atomic E-state index is 13.5. The van der Waals surface area contributed by atoms with Gasteiger partial charge in [-0.3, -0.25) is 4.79 Å².